The molecule has 6 aromatic rings. The average Bonchev–Trinajstić information content (AvgIpc) is 3.28. The lowest BCUT2D eigenvalue weighted by Crippen LogP contribution is -2.13. The van der Waals surface area contributed by atoms with Crippen molar-refractivity contribution in [2.24, 2.45) is 0 Å². The number of pyridine rings is 3. The largest absolute Gasteiger partial charge is 0.460 e. The number of hydrogen-bond acceptors (Lipinski definition) is 6. The fourth-order valence-electron chi connectivity index (χ4n) is 3.98. The predicted octanol–water partition coefficient (Wildman–Crippen LogP) is 4.46. The van der Waals surface area contributed by atoms with E-state index in [9.17, 15) is 9.59 Å². The number of aromatic amines is 2. The summed E-state index contributed by atoms with van der Waals surface area (Å²) in [5.74, 6) is 1.29. The minimum absolute atomic E-state index is 0.294. The van der Waals surface area contributed by atoms with Crippen molar-refractivity contribution in [1.82, 2.24) is 24.9 Å². The van der Waals surface area contributed by atoms with Gasteiger partial charge in [-0.2, -0.15) is 0 Å². The topological polar surface area (TPSA) is 118 Å². The molecule has 0 spiro atoms. The maximum Gasteiger partial charge on any atom is 0.259 e. The lowest BCUT2D eigenvalue weighted by Gasteiger charge is -2.10. The van der Waals surface area contributed by atoms with Crippen LogP contribution in [0.25, 0.3) is 56.0 Å². The molecule has 0 bridgehead atoms. The molecule has 164 valence electrons. The highest BCUT2D eigenvalue weighted by Gasteiger charge is 2.18. The van der Waals surface area contributed by atoms with E-state index in [1.54, 1.807) is 24.4 Å². The molecule has 0 amide bonds. The van der Waals surface area contributed by atoms with Crippen molar-refractivity contribution >= 4 is 22.1 Å². The lowest BCUT2D eigenvalue weighted by atomic mass is 10.0. The van der Waals surface area contributed by atoms with Gasteiger partial charge >= 0.3 is 0 Å². The Kier molecular flexibility index (Phi) is 4.44. The summed E-state index contributed by atoms with van der Waals surface area (Å²) >= 11 is 0. The quantitative estimate of drug-likeness (QED) is 0.414. The highest BCUT2D eigenvalue weighted by molar-refractivity contribution is 5.89. The average molecular weight is 447 g/mol. The second kappa shape index (κ2) is 7.63. The summed E-state index contributed by atoms with van der Waals surface area (Å²) < 4.78 is 5.86. The zero-order chi connectivity index (χ0) is 23.2. The maximum atomic E-state index is 12.8. The first-order valence-electron chi connectivity index (χ1n) is 10.6. The molecule has 1 aromatic carbocycles. The van der Waals surface area contributed by atoms with Gasteiger partial charge in [0.2, 0.25) is 5.56 Å². The summed E-state index contributed by atoms with van der Waals surface area (Å²) in [4.78, 5) is 44.1. The third kappa shape index (κ3) is 3.38. The molecule has 0 aliphatic rings. The molecule has 0 aliphatic heterocycles. The lowest BCUT2D eigenvalue weighted by molar-refractivity contribution is 0.546. The predicted molar refractivity (Wildman–Crippen MR) is 129 cm³/mol. The van der Waals surface area contributed by atoms with Crippen molar-refractivity contribution in [3.05, 3.63) is 99.4 Å². The van der Waals surface area contributed by atoms with Gasteiger partial charge in [-0.05, 0) is 49.4 Å². The van der Waals surface area contributed by atoms with Gasteiger partial charge in [0.15, 0.2) is 11.4 Å². The van der Waals surface area contributed by atoms with Crippen LogP contribution in [0.2, 0.25) is 0 Å². The SMILES string of the molecule is Cc1ccc(-c2nc3[nH]c(=O)c(-c4cccc(=O)[nH]4)cc3nc2-c2ccc3ncccc3c2)o1. The van der Waals surface area contributed by atoms with Crippen LogP contribution in [0.15, 0.2) is 86.9 Å². The summed E-state index contributed by atoms with van der Waals surface area (Å²) in [7, 11) is 0. The van der Waals surface area contributed by atoms with E-state index in [0.29, 0.717) is 39.6 Å². The highest BCUT2D eigenvalue weighted by atomic mass is 16.3. The molecule has 5 aromatic heterocycles. The van der Waals surface area contributed by atoms with Gasteiger partial charge in [-0.15, -0.1) is 0 Å². The number of aromatic nitrogens is 5. The molecular weight excluding hydrogens is 430 g/mol. The van der Waals surface area contributed by atoms with E-state index in [1.165, 1.54) is 6.07 Å². The molecule has 6 rings (SSSR count). The Hall–Kier alpha value is -4.85. The van der Waals surface area contributed by atoms with E-state index < -0.39 is 0 Å². The van der Waals surface area contributed by atoms with Gasteiger partial charge in [0.1, 0.15) is 22.7 Å². The summed E-state index contributed by atoms with van der Waals surface area (Å²) in [5.41, 5.74) is 3.65. The molecule has 8 heteroatoms. The number of H-pyrrole nitrogens is 2. The van der Waals surface area contributed by atoms with Crippen LogP contribution in [-0.2, 0) is 0 Å². The first kappa shape index (κ1) is 19.8. The minimum atomic E-state index is -0.380. The van der Waals surface area contributed by atoms with Gasteiger partial charge in [-0.25, -0.2) is 9.97 Å². The molecule has 2 N–H and O–H groups in total. The van der Waals surface area contributed by atoms with Crippen LogP contribution in [-0.4, -0.2) is 24.9 Å². The molecule has 5 heterocycles. The van der Waals surface area contributed by atoms with Gasteiger partial charge in [-0.1, -0.05) is 18.2 Å². The fourth-order valence-corrected chi connectivity index (χ4v) is 3.98. The number of fused-ring (bicyclic) bond motifs is 2. The van der Waals surface area contributed by atoms with Crippen molar-refractivity contribution in [2.45, 2.75) is 6.92 Å². The van der Waals surface area contributed by atoms with Crippen molar-refractivity contribution in [3.8, 4) is 34.0 Å². The standard InChI is InChI=1S/C26H17N5O3/c1-14-7-10-21(34-14)24-23(16-8-9-18-15(12-16)4-3-11-27-18)29-20-13-17(26(33)31-25(20)30-24)19-5-2-6-22(32)28-19/h2-13H,1H3,(H,28,32)(H,30,31,33). The Morgan fingerprint density at radius 2 is 1.74 bits per heavy atom. The molecule has 0 radical (unpaired) electrons. The van der Waals surface area contributed by atoms with E-state index in [4.69, 9.17) is 14.4 Å². The molecule has 34 heavy (non-hydrogen) atoms. The van der Waals surface area contributed by atoms with E-state index in [2.05, 4.69) is 15.0 Å². The number of benzene rings is 1. The summed E-state index contributed by atoms with van der Waals surface area (Å²) in [6.07, 6.45) is 1.75. The van der Waals surface area contributed by atoms with Crippen LogP contribution in [0.5, 0.6) is 0 Å². The summed E-state index contributed by atoms with van der Waals surface area (Å²) in [6.45, 7) is 1.86. The van der Waals surface area contributed by atoms with Gasteiger partial charge in [0.25, 0.3) is 5.56 Å². The van der Waals surface area contributed by atoms with Crippen molar-refractivity contribution in [1.29, 1.82) is 0 Å². The van der Waals surface area contributed by atoms with E-state index in [-0.39, 0.29) is 11.1 Å². The Labute approximate surface area is 192 Å². The van der Waals surface area contributed by atoms with Crippen LogP contribution in [0.1, 0.15) is 5.76 Å². The zero-order valence-corrected chi connectivity index (χ0v) is 18.0. The number of aryl methyl sites for hydroxylation is 1. The second-order valence-corrected chi connectivity index (χ2v) is 7.92. The van der Waals surface area contributed by atoms with Crippen molar-refractivity contribution in [2.75, 3.05) is 0 Å². The molecule has 0 aliphatic carbocycles. The van der Waals surface area contributed by atoms with E-state index in [0.717, 1.165) is 22.2 Å². The Balaban J connectivity index is 1.63. The van der Waals surface area contributed by atoms with Crippen LogP contribution in [0.3, 0.4) is 0 Å². The van der Waals surface area contributed by atoms with Crippen LogP contribution < -0.4 is 11.1 Å². The molecular formula is C26H17N5O3. The second-order valence-electron chi connectivity index (χ2n) is 7.92. The van der Waals surface area contributed by atoms with E-state index in [1.807, 2.05) is 49.4 Å². The van der Waals surface area contributed by atoms with Gasteiger partial charge < -0.3 is 14.4 Å². The van der Waals surface area contributed by atoms with E-state index >= 15 is 0 Å². The third-order valence-corrected chi connectivity index (χ3v) is 5.59. The highest BCUT2D eigenvalue weighted by Crippen LogP contribution is 2.33. The van der Waals surface area contributed by atoms with Crippen LogP contribution >= 0.6 is 0 Å². The Bertz CT molecular complexity index is 1830. The third-order valence-electron chi connectivity index (χ3n) is 5.59. The number of nitrogens with zero attached hydrogens (tertiary/aromatic N) is 3. The number of furan rings is 1. The zero-order valence-electron chi connectivity index (χ0n) is 18.0. The van der Waals surface area contributed by atoms with Crippen molar-refractivity contribution in [3.63, 3.8) is 0 Å². The van der Waals surface area contributed by atoms with Gasteiger partial charge in [0.05, 0.1) is 16.8 Å². The molecule has 0 saturated heterocycles. The normalized spacial score (nSPS) is 11.3. The van der Waals surface area contributed by atoms with Gasteiger partial charge in [0, 0.05) is 23.2 Å². The first-order valence-corrected chi connectivity index (χ1v) is 10.6. The minimum Gasteiger partial charge on any atom is -0.460 e. The molecule has 8 nitrogen and oxygen atoms in total. The molecule has 0 saturated carbocycles. The summed E-state index contributed by atoms with van der Waals surface area (Å²) in [6, 6.07) is 19.7. The fraction of sp³-hybridized carbons (Fsp3) is 0.0385. The summed E-state index contributed by atoms with van der Waals surface area (Å²) in [5, 5.41) is 0.965. The first-order chi connectivity index (χ1) is 16.5. The number of nitrogens with one attached hydrogen (secondary N) is 2. The van der Waals surface area contributed by atoms with Gasteiger partial charge in [-0.3, -0.25) is 14.6 Å². The number of hydrogen-bond donors (Lipinski definition) is 2. The number of rotatable bonds is 3. The smallest absolute Gasteiger partial charge is 0.259 e. The monoisotopic (exact) mass is 447 g/mol. The maximum absolute atomic E-state index is 12.8. The molecule has 0 atom stereocenters. The Morgan fingerprint density at radius 1 is 0.824 bits per heavy atom. The Morgan fingerprint density at radius 3 is 2.56 bits per heavy atom. The van der Waals surface area contributed by atoms with Crippen molar-refractivity contribution < 1.29 is 4.42 Å². The molecule has 0 fully saturated rings. The molecule has 0 unspecified atom stereocenters. The van der Waals surface area contributed by atoms with Crippen LogP contribution in [0, 0.1) is 6.92 Å². The van der Waals surface area contributed by atoms with Crippen LogP contribution in [0.4, 0.5) is 0 Å².